The van der Waals surface area contributed by atoms with Crippen LogP contribution in [0.15, 0.2) is 18.2 Å². The second-order valence-corrected chi connectivity index (χ2v) is 5.48. The van der Waals surface area contributed by atoms with Crippen molar-refractivity contribution in [1.29, 1.82) is 0 Å². The average molecular weight is 259 g/mol. The maximum Gasteiger partial charge on any atom is 0.260 e. The third-order valence-corrected chi connectivity index (χ3v) is 4.16. The van der Waals surface area contributed by atoms with Gasteiger partial charge in [0, 0.05) is 13.1 Å². The van der Waals surface area contributed by atoms with Crippen LogP contribution in [0.5, 0.6) is 5.75 Å². The molecule has 1 aromatic carbocycles. The van der Waals surface area contributed by atoms with Crippen LogP contribution in [0.2, 0.25) is 0 Å². The Morgan fingerprint density at radius 2 is 1.89 bits per heavy atom. The van der Waals surface area contributed by atoms with Crippen LogP contribution in [0.3, 0.4) is 0 Å². The van der Waals surface area contributed by atoms with E-state index in [9.17, 15) is 4.79 Å². The van der Waals surface area contributed by atoms with Gasteiger partial charge >= 0.3 is 0 Å². The molecule has 2 aliphatic rings. The maximum absolute atomic E-state index is 12.0. The molecule has 1 saturated heterocycles. The van der Waals surface area contributed by atoms with Crippen molar-refractivity contribution in [2.45, 2.75) is 38.5 Å². The van der Waals surface area contributed by atoms with Crippen molar-refractivity contribution in [3.8, 4) is 5.75 Å². The number of aryl methyl sites for hydroxylation is 1. The molecule has 0 N–H and O–H groups in total. The number of ether oxygens (including phenoxy) is 1. The molecule has 1 aliphatic carbocycles. The summed E-state index contributed by atoms with van der Waals surface area (Å²) in [7, 11) is 0. The second kappa shape index (κ2) is 5.64. The predicted octanol–water partition coefficient (Wildman–Crippen LogP) is 2.57. The number of rotatable bonds is 3. The van der Waals surface area contributed by atoms with Crippen LogP contribution >= 0.6 is 0 Å². The van der Waals surface area contributed by atoms with Gasteiger partial charge in [0.05, 0.1) is 0 Å². The Balaban J connectivity index is 1.65. The van der Waals surface area contributed by atoms with Crippen LogP contribution in [0, 0.1) is 0 Å². The van der Waals surface area contributed by atoms with Crippen molar-refractivity contribution in [2.75, 3.05) is 19.7 Å². The number of hydrogen-bond acceptors (Lipinski definition) is 2. The molecule has 3 nitrogen and oxygen atoms in total. The van der Waals surface area contributed by atoms with Crippen molar-refractivity contribution in [1.82, 2.24) is 4.90 Å². The highest BCUT2D eigenvalue weighted by Gasteiger charge is 2.19. The molecule has 0 radical (unpaired) electrons. The van der Waals surface area contributed by atoms with E-state index < -0.39 is 0 Å². The number of amides is 1. The van der Waals surface area contributed by atoms with Gasteiger partial charge in [-0.25, -0.2) is 0 Å². The molecular weight excluding hydrogens is 238 g/mol. The Hall–Kier alpha value is -1.51. The zero-order valence-corrected chi connectivity index (χ0v) is 11.4. The smallest absolute Gasteiger partial charge is 0.260 e. The van der Waals surface area contributed by atoms with Crippen molar-refractivity contribution in [3.05, 3.63) is 29.3 Å². The van der Waals surface area contributed by atoms with E-state index in [2.05, 4.69) is 6.07 Å². The standard InChI is InChI=1S/C16H21NO2/c18-16(17-10-3-4-11-17)12-19-15-9-5-7-13-6-1-2-8-14(13)15/h5,7,9H,1-4,6,8,10-12H2. The van der Waals surface area contributed by atoms with Crippen molar-refractivity contribution in [3.63, 3.8) is 0 Å². The summed E-state index contributed by atoms with van der Waals surface area (Å²) < 4.78 is 5.79. The predicted molar refractivity (Wildman–Crippen MR) is 74.4 cm³/mol. The van der Waals surface area contributed by atoms with Gasteiger partial charge in [-0.3, -0.25) is 4.79 Å². The second-order valence-electron chi connectivity index (χ2n) is 5.48. The molecule has 1 amide bonds. The highest BCUT2D eigenvalue weighted by Crippen LogP contribution is 2.29. The lowest BCUT2D eigenvalue weighted by atomic mass is 9.91. The zero-order valence-electron chi connectivity index (χ0n) is 11.4. The quantitative estimate of drug-likeness (QED) is 0.835. The van der Waals surface area contributed by atoms with Gasteiger partial charge < -0.3 is 9.64 Å². The van der Waals surface area contributed by atoms with Crippen molar-refractivity contribution < 1.29 is 9.53 Å². The Bertz CT molecular complexity index is 464. The minimum absolute atomic E-state index is 0.130. The van der Waals surface area contributed by atoms with E-state index in [0.717, 1.165) is 44.5 Å². The first-order valence-electron chi connectivity index (χ1n) is 7.36. The van der Waals surface area contributed by atoms with Gasteiger partial charge in [-0.2, -0.15) is 0 Å². The first kappa shape index (κ1) is 12.5. The van der Waals surface area contributed by atoms with Crippen LogP contribution in [-0.4, -0.2) is 30.5 Å². The minimum Gasteiger partial charge on any atom is -0.483 e. The first-order chi connectivity index (χ1) is 9.34. The molecule has 0 bridgehead atoms. The Kier molecular flexibility index (Phi) is 3.72. The van der Waals surface area contributed by atoms with E-state index in [0.29, 0.717) is 0 Å². The highest BCUT2D eigenvalue weighted by atomic mass is 16.5. The average Bonchev–Trinajstić information content (AvgIpc) is 2.99. The number of likely N-dealkylation sites (tertiary alicyclic amines) is 1. The number of fused-ring (bicyclic) bond motifs is 1. The van der Waals surface area contributed by atoms with Crippen molar-refractivity contribution >= 4 is 5.91 Å². The largest absolute Gasteiger partial charge is 0.483 e. The lowest BCUT2D eigenvalue weighted by molar-refractivity contribution is -0.132. The molecule has 1 fully saturated rings. The summed E-state index contributed by atoms with van der Waals surface area (Å²) in [6.45, 7) is 1.99. The fourth-order valence-electron chi connectivity index (χ4n) is 3.08. The lowest BCUT2D eigenvalue weighted by Crippen LogP contribution is -2.32. The normalized spacial score (nSPS) is 18.2. The Morgan fingerprint density at radius 3 is 2.74 bits per heavy atom. The molecule has 1 heterocycles. The van der Waals surface area contributed by atoms with Crippen molar-refractivity contribution in [2.24, 2.45) is 0 Å². The summed E-state index contributed by atoms with van der Waals surface area (Å²) in [6.07, 6.45) is 6.99. The third-order valence-electron chi connectivity index (χ3n) is 4.16. The topological polar surface area (TPSA) is 29.5 Å². The van der Waals surface area contributed by atoms with E-state index in [1.54, 1.807) is 0 Å². The van der Waals surface area contributed by atoms with Crippen LogP contribution in [0.4, 0.5) is 0 Å². The summed E-state index contributed by atoms with van der Waals surface area (Å²) in [6, 6.07) is 6.23. The van der Waals surface area contributed by atoms with Gasteiger partial charge in [-0.1, -0.05) is 12.1 Å². The molecule has 3 rings (SSSR count). The number of benzene rings is 1. The van der Waals surface area contributed by atoms with Gasteiger partial charge in [-0.05, 0) is 55.7 Å². The minimum atomic E-state index is 0.130. The highest BCUT2D eigenvalue weighted by molar-refractivity contribution is 5.78. The number of nitrogens with zero attached hydrogens (tertiary/aromatic N) is 1. The van der Waals surface area contributed by atoms with E-state index >= 15 is 0 Å². The van der Waals surface area contributed by atoms with Gasteiger partial charge in [0.1, 0.15) is 5.75 Å². The SMILES string of the molecule is O=C(COc1cccc2c1CCCC2)N1CCCC1. The van der Waals surface area contributed by atoms with Crippen LogP contribution in [0.25, 0.3) is 0 Å². The number of carbonyl (C=O) groups is 1. The van der Waals surface area contributed by atoms with Gasteiger partial charge in [0.2, 0.25) is 0 Å². The first-order valence-corrected chi connectivity index (χ1v) is 7.36. The zero-order chi connectivity index (χ0) is 13.1. The number of carbonyl (C=O) groups excluding carboxylic acids is 1. The summed E-state index contributed by atoms with van der Waals surface area (Å²) in [5.74, 6) is 1.05. The maximum atomic E-state index is 12.0. The fourth-order valence-corrected chi connectivity index (χ4v) is 3.08. The fraction of sp³-hybridized carbons (Fsp3) is 0.562. The summed E-state index contributed by atoms with van der Waals surface area (Å²) in [4.78, 5) is 13.9. The summed E-state index contributed by atoms with van der Waals surface area (Å²) in [5.41, 5.74) is 2.72. The van der Waals surface area contributed by atoms with Crippen LogP contribution in [0.1, 0.15) is 36.8 Å². The monoisotopic (exact) mass is 259 g/mol. The Morgan fingerprint density at radius 1 is 1.11 bits per heavy atom. The molecule has 0 atom stereocenters. The van der Waals surface area contributed by atoms with Gasteiger partial charge in [-0.15, -0.1) is 0 Å². The van der Waals surface area contributed by atoms with Gasteiger partial charge in [0.15, 0.2) is 6.61 Å². The molecular formula is C16H21NO2. The Labute approximate surface area is 114 Å². The molecule has 102 valence electrons. The lowest BCUT2D eigenvalue weighted by Gasteiger charge is -2.20. The molecule has 0 unspecified atom stereocenters. The van der Waals surface area contributed by atoms with E-state index in [1.807, 2.05) is 17.0 Å². The summed E-state index contributed by atoms with van der Waals surface area (Å²) >= 11 is 0. The molecule has 1 aromatic rings. The number of hydrogen-bond donors (Lipinski definition) is 0. The molecule has 3 heteroatoms. The summed E-state index contributed by atoms with van der Waals surface area (Å²) in [5, 5.41) is 0. The molecule has 19 heavy (non-hydrogen) atoms. The van der Waals surface area contributed by atoms with E-state index in [-0.39, 0.29) is 12.5 Å². The third kappa shape index (κ3) is 2.75. The molecule has 1 aliphatic heterocycles. The van der Waals surface area contributed by atoms with Crippen LogP contribution in [-0.2, 0) is 17.6 Å². The molecule has 0 spiro atoms. The van der Waals surface area contributed by atoms with Crippen LogP contribution < -0.4 is 4.74 Å². The van der Waals surface area contributed by atoms with Gasteiger partial charge in [0.25, 0.3) is 5.91 Å². The molecule has 0 aromatic heterocycles. The van der Waals surface area contributed by atoms with E-state index in [4.69, 9.17) is 4.74 Å². The van der Waals surface area contributed by atoms with E-state index in [1.165, 1.54) is 24.0 Å². The molecule has 0 saturated carbocycles.